The van der Waals surface area contributed by atoms with Crippen molar-refractivity contribution in [1.29, 1.82) is 0 Å². The molecule has 0 bridgehead atoms. The van der Waals surface area contributed by atoms with Crippen molar-refractivity contribution in [3.05, 3.63) is 113 Å². The predicted octanol–water partition coefficient (Wildman–Crippen LogP) is 4.36. The van der Waals surface area contributed by atoms with Crippen LogP contribution in [0, 0.1) is 0 Å². The summed E-state index contributed by atoms with van der Waals surface area (Å²) >= 11 is 0. The lowest BCUT2D eigenvalue weighted by Crippen LogP contribution is -2.44. The number of rotatable bonds is 11. The van der Waals surface area contributed by atoms with Gasteiger partial charge in [0, 0.05) is 12.2 Å². The number of nitrogens with one attached hydrogen (secondary N) is 2. The van der Waals surface area contributed by atoms with Crippen LogP contribution in [0.25, 0.3) is 0 Å². The molecule has 0 fully saturated rings. The smallest absolute Gasteiger partial charge is 0.407 e. The summed E-state index contributed by atoms with van der Waals surface area (Å²) in [5.74, 6) is -0.660. The number of nitrogens with zero attached hydrogens (tertiary/aromatic N) is 1. The van der Waals surface area contributed by atoms with Gasteiger partial charge in [0.25, 0.3) is 5.91 Å². The van der Waals surface area contributed by atoms with Gasteiger partial charge in [-0.25, -0.2) is 9.79 Å². The fourth-order valence-electron chi connectivity index (χ4n) is 3.52. The highest BCUT2D eigenvalue weighted by molar-refractivity contribution is 6.44. The van der Waals surface area contributed by atoms with E-state index in [1.165, 1.54) is 13.0 Å². The number of benzene rings is 3. The molecule has 38 heavy (non-hydrogen) atoms. The Kier molecular flexibility index (Phi) is 10.4. The molecule has 8 nitrogen and oxygen atoms in total. The van der Waals surface area contributed by atoms with Gasteiger partial charge >= 0.3 is 6.09 Å². The van der Waals surface area contributed by atoms with Gasteiger partial charge in [0.15, 0.2) is 5.78 Å². The van der Waals surface area contributed by atoms with Gasteiger partial charge in [-0.15, -0.1) is 0 Å². The van der Waals surface area contributed by atoms with Gasteiger partial charge in [0.05, 0.1) is 11.7 Å². The molecular weight excluding hydrogens is 480 g/mol. The third kappa shape index (κ3) is 9.39. The van der Waals surface area contributed by atoms with E-state index in [0.717, 1.165) is 16.7 Å². The SMILES string of the molecule is CC(=O)C(Cc1ccccc1)NC(=O)C(/C=C(/C)N)=Nc1ccc(CNC(=O)OCc2ccccc2)cc1. The standard InChI is InChI=1S/C30H32N4O4/c1-21(31)17-28(29(36)34-27(22(2)35)18-23-9-5-3-6-10-23)33-26-15-13-24(14-16-26)19-32-30(37)38-20-25-11-7-4-8-12-25/h3-17,27H,18-20,31H2,1-2H3,(H,32,37)(H,34,36)/b21-17-,33-28?. The van der Waals surface area contributed by atoms with E-state index >= 15 is 0 Å². The molecule has 4 N–H and O–H groups in total. The quantitative estimate of drug-likeness (QED) is 0.329. The Morgan fingerprint density at radius 2 is 1.47 bits per heavy atom. The maximum atomic E-state index is 13.0. The first-order chi connectivity index (χ1) is 18.3. The Balaban J connectivity index is 1.62. The van der Waals surface area contributed by atoms with E-state index in [2.05, 4.69) is 15.6 Å². The number of carbonyl (C=O) groups is 3. The van der Waals surface area contributed by atoms with Crippen molar-refractivity contribution in [2.24, 2.45) is 10.7 Å². The second kappa shape index (κ2) is 14.1. The summed E-state index contributed by atoms with van der Waals surface area (Å²) in [5, 5.41) is 5.48. The van der Waals surface area contributed by atoms with Crippen LogP contribution in [0.4, 0.5) is 10.5 Å². The number of allylic oxidation sites excluding steroid dienone is 1. The van der Waals surface area contributed by atoms with E-state index in [1.807, 2.05) is 60.7 Å². The number of nitrogens with two attached hydrogens (primary N) is 1. The summed E-state index contributed by atoms with van der Waals surface area (Å²) in [7, 11) is 0. The number of ketones is 1. The number of carbonyl (C=O) groups excluding carboxylic acids is 3. The second-order valence-electron chi connectivity index (χ2n) is 8.79. The Hall–Kier alpha value is -4.72. The molecule has 1 unspecified atom stereocenters. The van der Waals surface area contributed by atoms with Gasteiger partial charge < -0.3 is 21.1 Å². The Morgan fingerprint density at radius 3 is 2.05 bits per heavy atom. The zero-order valence-corrected chi connectivity index (χ0v) is 21.5. The Morgan fingerprint density at radius 1 is 0.868 bits per heavy atom. The Labute approximate surface area is 222 Å². The van der Waals surface area contributed by atoms with Gasteiger partial charge in [0.2, 0.25) is 0 Å². The fourth-order valence-corrected chi connectivity index (χ4v) is 3.52. The van der Waals surface area contributed by atoms with E-state index in [0.29, 0.717) is 17.8 Å². The summed E-state index contributed by atoms with van der Waals surface area (Å²) in [4.78, 5) is 41.7. The van der Waals surface area contributed by atoms with Crippen LogP contribution in [0.3, 0.4) is 0 Å². The minimum atomic E-state index is -0.698. The van der Waals surface area contributed by atoms with Crippen LogP contribution in [0.1, 0.15) is 30.5 Å². The molecule has 1 atom stereocenters. The van der Waals surface area contributed by atoms with Crippen LogP contribution in [0.5, 0.6) is 0 Å². The highest BCUT2D eigenvalue weighted by Gasteiger charge is 2.20. The van der Waals surface area contributed by atoms with Crippen LogP contribution < -0.4 is 16.4 Å². The fraction of sp³-hybridized carbons (Fsp3) is 0.200. The third-order valence-corrected chi connectivity index (χ3v) is 5.51. The molecule has 8 heteroatoms. The minimum Gasteiger partial charge on any atom is -0.445 e. The number of hydrogen-bond donors (Lipinski definition) is 3. The van der Waals surface area contributed by atoms with Crippen molar-refractivity contribution in [1.82, 2.24) is 10.6 Å². The summed E-state index contributed by atoms with van der Waals surface area (Å²) < 4.78 is 5.22. The molecule has 196 valence electrons. The zero-order chi connectivity index (χ0) is 27.3. The van der Waals surface area contributed by atoms with E-state index in [-0.39, 0.29) is 24.6 Å². The normalized spacial score (nSPS) is 12.4. The molecule has 3 rings (SSSR count). The van der Waals surface area contributed by atoms with E-state index in [4.69, 9.17) is 10.5 Å². The summed E-state index contributed by atoms with van der Waals surface area (Å²) in [6.45, 7) is 3.56. The minimum absolute atomic E-state index is 0.0830. The van der Waals surface area contributed by atoms with Crippen LogP contribution in [0.2, 0.25) is 0 Å². The second-order valence-corrected chi connectivity index (χ2v) is 8.79. The monoisotopic (exact) mass is 512 g/mol. The number of amides is 2. The molecule has 0 saturated heterocycles. The molecule has 0 aliphatic carbocycles. The largest absolute Gasteiger partial charge is 0.445 e. The highest BCUT2D eigenvalue weighted by atomic mass is 16.5. The first-order valence-electron chi connectivity index (χ1n) is 12.2. The molecule has 0 heterocycles. The van der Waals surface area contributed by atoms with Crippen molar-refractivity contribution >= 4 is 29.2 Å². The van der Waals surface area contributed by atoms with E-state index in [9.17, 15) is 14.4 Å². The lowest BCUT2D eigenvalue weighted by atomic mass is 10.0. The zero-order valence-electron chi connectivity index (χ0n) is 21.5. The van der Waals surface area contributed by atoms with Crippen LogP contribution in [-0.4, -0.2) is 29.5 Å². The number of Topliss-reactive ketones (excluding diaryl/α,β-unsaturated/α-hetero) is 1. The van der Waals surface area contributed by atoms with Crippen molar-refractivity contribution in [3.63, 3.8) is 0 Å². The number of alkyl carbamates (subject to hydrolysis) is 1. The van der Waals surface area contributed by atoms with Crippen molar-refractivity contribution in [3.8, 4) is 0 Å². The average molecular weight is 513 g/mol. The van der Waals surface area contributed by atoms with E-state index < -0.39 is 18.0 Å². The predicted molar refractivity (Wildman–Crippen MR) is 148 cm³/mol. The van der Waals surface area contributed by atoms with Gasteiger partial charge in [-0.05, 0) is 55.2 Å². The molecule has 0 radical (unpaired) electrons. The topological polar surface area (TPSA) is 123 Å². The molecular formula is C30H32N4O4. The molecule has 0 spiro atoms. The third-order valence-electron chi connectivity index (χ3n) is 5.51. The summed E-state index contributed by atoms with van der Waals surface area (Å²) in [5.41, 5.74) is 9.50. The van der Waals surface area contributed by atoms with Gasteiger partial charge in [-0.3, -0.25) is 9.59 Å². The van der Waals surface area contributed by atoms with Crippen molar-refractivity contribution in [2.45, 2.75) is 39.5 Å². The number of hydrogen-bond acceptors (Lipinski definition) is 6. The lowest BCUT2D eigenvalue weighted by molar-refractivity contribution is -0.123. The Bertz CT molecular complexity index is 1280. The molecule has 0 saturated carbocycles. The maximum Gasteiger partial charge on any atom is 0.407 e. The number of ether oxygens (including phenoxy) is 1. The molecule has 0 aliphatic rings. The first-order valence-corrected chi connectivity index (χ1v) is 12.2. The average Bonchev–Trinajstić information content (AvgIpc) is 2.91. The van der Waals surface area contributed by atoms with Crippen molar-refractivity contribution in [2.75, 3.05) is 0 Å². The van der Waals surface area contributed by atoms with Gasteiger partial charge in [-0.2, -0.15) is 0 Å². The molecule has 3 aromatic carbocycles. The lowest BCUT2D eigenvalue weighted by Gasteiger charge is -2.16. The summed E-state index contributed by atoms with van der Waals surface area (Å²) in [6.07, 6.45) is 1.32. The van der Waals surface area contributed by atoms with Crippen LogP contribution in [0.15, 0.2) is 102 Å². The number of aliphatic imine (C=N–C) groups is 1. The summed E-state index contributed by atoms with van der Waals surface area (Å²) in [6, 6.07) is 25.2. The van der Waals surface area contributed by atoms with Crippen LogP contribution >= 0.6 is 0 Å². The molecule has 2 amide bonds. The molecule has 0 aromatic heterocycles. The highest BCUT2D eigenvalue weighted by Crippen LogP contribution is 2.15. The maximum absolute atomic E-state index is 13.0. The van der Waals surface area contributed by atoms with E-state index in [1.54, 1.807) is 31.2 Å². The first kappa shape index (κ1) is 27.9. The molecule has 0 aliphatic heterocycles. The van der Waals surface area contributed by atoms with Gasteiger partial charge in [-0.1, -0.05) is 72.8 Å². The van der Waals surface area contributed by atoms with Crippen LogP contribution in [-0.2, 0) is 33.9 Å². The van der Waals surface area contributed by atoms with Crippen molar-refractivity contribution < 1.29 is 19.1 Å². The van der Waals surface area contributed by atoms with Gasteiger partial charge in [0.1, 0.15) is 12.3 Å². The molecule has 3 aromatic rings.